The molecule has 0 spiro atoms. The van der Waals surface area contributed by atoms with Crippen LogP contribution in [0, 0.1) is 5.92 Å². The predicted molar refractivity (Wildman–Crippen MR) is 67.2 cm³/mol. The number of carbonyl (C=O) groups excluding carboxylic acids is 1. The van der Waals surface area contributed by atoms with Crippen molar-refractivity contribution in [2.75, 3.05) is 19.7 Å². The van der Waals surface area contributed by atoms with E-state index in [1.54, 1.807) is 17.9 Å². The Morgan fingerprint density at radius 1 is 1.61 bits per heavy atom. The predicted octanol–water partition coefficient (Wildman–Crippen LogP) is 1.29. The van der Waals surface area contributed by atoms with Crippen LogP contribution in [0.25, 0.3) is 0 Å². The Kier molecular flexibility index (Phi) is 5.85. The molecular formula is C13H21NO4. The van der Waals surface area contributed by atoms with Gasteiger partial charge in [-0.3, -0.25) is 9.59 Å². The average molecular weight is 255 g/mol. The lowest BCUT2D eigenvalue weighted by molar-refractivity contribution is -0.149. The van der Waals surface area contributed by atoms with Crippen LogP contribution < -0.4 is 0 Å². The van der Waals surface area contributed by atoms with Crippen molar-refractivity contribution in [3.8, 4) is 0 Å². The van der Waals surface area contributed by atoms with Crippen molar-refractivity contribution >= 4 is 11.9 Å². The number of piperidine rings is 1. The summed E-state index contributed by atoms with van der Waals surface area (Å²) >= 11 is 0. The molecule has 18 heavy (non-hydrogen) atoms. The number of likely N-dealkylation sites (tertiary alicyclic amines) is 1. The van der Waals surface area contributed by atoms with Gasteiger partial charge in [-0.1, -0.05) is 6.08 Å². The van der Waals surface area contributed by atoms with E-state index < -0.39 is 18.0 Å². The molecule has 0 aromatic carbocycles. The molecule has 0 aromatic rings. The molecule has 1 aliphatic heterocycles. The molecule has 0 bridgehead atoms. The molecule has 0 radical (unpaired) electrons. The number of aliphatic carboxylic acids is 1. The van der Waals surface area contributed by atoms with Crippen LogP contribution in [0.5, 0.6) is 0 Å². The first-order chi connectivity index (χ1) is 8.56. The minimum Gasteiger partial charge on any atom is -0.481 e. The van der Waals surface area contributed by atoms with Crippen molar-refractivity contribution in [1.82, 2.24) is 4.90 Å². The average Bonchev–Trinajstić information content (AvgIpc) is 2.38. The molecule has 5 heteroatoms. The van der Waals surface area contributed by atoms with Crippen LogP contribution in [-0.2, 0) is 14.3 Å². The normalized spacial score (nSPS) is 21.4. The van der Waals surface area contributed by atoms with E-state index in [0.29, 0.717) is 32.5 Å². The second-order valence-corrected chi connectivity index (χ2v) is 4.55. The van der Waals surface area contributed by atoms with E-state index in [0.717, 1.165) is 6.42 Å². The number of amides is 1. The Labute approximate surface area is 107 Å². The molecule has 0 aromatic heterocycles. The quantitative estimate of drug-likeness (QED) is 0.573. The van der Waals surface area contributed by atoms with Gasteiger partial charge in [0.2, 0.25) is 0 Å². The van der Waals surface area contributed by atoms with Crippen molar-refractivity contribution in [2.24, 2.45) is 5.92 Å². The second kappa shape index (κ2) is 7.16. The van der Waals surface area contributed by atoms with E-state index in [4.69, 9.17) is 9.84 Å². The lowest BCUT2D eigenvalue weighted by Crippen LogP contribution is -2.46. The summed E-state index contributed by atoms with van der Waals surface area (Å²) in [6.07, 6.45) is 3.30. The highest BCUT2D eigenvalue weighted by Crippen LogP contribution is 2.17. The van der Waals surface area contributed by atoms with Crippen molar-refractivity contribution < 1.29 is 19.4 Å². The summed E-state index contributed by atoms with van der Waals surface area (Å²) in [5.41, 5.74) is 0. The summed E-state index contributed by atoms with van der Waals surface area (Å²) in [7, 11) is 0. The summed E-state index contributed by atoms with van der Waals surface area (Å²) in [5.74, 6) is -1.39. The van der Waals surface area contributed by atoms with Crippen molar-refractivity contribution in [3.05, 3.63) is 12.7 Å². The standard InChI is InChI=1S/C13H21NO4/c1-3-4-8-18-10(2)12(15)14-7-5-6-11(9-14)13(16)17/h3,10-11H,1,4-9H2,2H3,(H,16,17)/t10?,11-/m0/s1. The summed E-state index contributed by atoms with van der Waals surface area (Å²) in [5, 5.41) is 8.97. The first kappa shape index (κ1) is 14.7. The Hall–Kier alpha value is -1.36. The Bertz CT molecular complexity index is 316. The zero-order valence-corrected chi connectivity index (χ0v) is 10.8. The third kappa shape index (κ3) is 4.14. The molecule has 1 amide bonds. The molecule has 1 aliphatic rings. The molecule has 0 aliphatic carbocycles. The van der Waals surface area contributed by atoms with Crippen LogP contribution in [-0.4, -0.2) is 47.7 Å². The fourth-order valence-corrected chi connectivity index (χ4v) is 2.04. The molecule has 1 heterocycles. The van der Waals surface area contributed by atoms with E-state index in [1.807, 2.05) is 0 Å². The van der Waals surface area contributed by atoms with Crippen LogP contribution in [0.1, 0.15) is 26.2 Å². The maximum atomic E-state index is 12.0. The topological polar surface area (TPSA) is 66.8 Å². The van der Waals surface area contributed by atoms with E-state index in [9.17, 15) is 9.59 Å². The lowest BCUT2D eigenvalue weighted by Gasteiger charge is -2.32. The molecule has 5 nitrogen and oxygen atoms in total. The number of carbonyl (C=O) groups is 2. The van der Waals surface area contributed by atoms with Crippen molar-refractivity contribution in [1.29, 1.82) is 0 Å². The van der Waals surface area contributed by atoms with Crippen LogP contribution in [0.3, 0.4) is 0 Å². The molecule has 2 atom stereocenters. The second-order valence-electron chi connectivity index (χ2n) is 4.55. The van der Waals surface area contributed by atoms with E-state index in [2.05, 4.69) is 6.58 Å². The van der Waals surface area contributed by atoms with Gasteiger partial charge in [0.25, 0.3) is 5.91 Å². The highest BCUT2D eigenvalue weighted by atomic mass is 16.5. The number of carboxylic acid groups (broad SMARTS) is 1. The molecule has 1 saturated heterocycles. The number of hydrogen-bond donors (Lipinski definition) is 1. The number of rotatable bonds is 6. The van der Waals surface area contributed by atoms with E-state index in [1.165, 1.54) is 0 Å². The molecule has 1 rings (SSSR count). The summed E-state index contributed by atoms with van der Waals surface area (Å²) in [6, 6.07) is 0. The Morgan fingerprint density at radius 2 is 2.33 bits per heavy atom. The fraction of sp³-hybridized carbons (Fsp3) is 0.692. The minimum atomic E-state index is -0.826. The summed E-state index contributed by atoms with van der Waals surface area (Å²) in [4.78, 5) is 24.6. The van der Waals surface area contributed by atoms with Gasteiger partial charge in [-0.2, -0.15) is 0 Å². The number of nitrogens with zero attached hydrogens (tertiary/aromatic N) is 1. The van der Waals surface area contributed by atoms with E-state index >= 15 is 0 Å². The van der Waals surface area contributed by atoms with Crippen molar-refractivity contribution in [2.45, 2.75) is 32.3 Å². The Balaban J connectivity index is 2.44. The van der Waals surface area contributed by atoms with E-state index in [-0.39, 0.29) is 5.91 Å². The largest absolute Gasteiger partial charge is 0.481 e. The fourth-order valence-electron chi connectivity index (χ4n) is 2.04. The minimum absolute atomic E-state index is 0.120. The van der Waals surface area contributed by atoms with Gasteiger partial charge < -0.3 is 14.7 Å². The third-order valence-electron chi connectivity index (χ3n) is 3.12. The first-order valence-corrected chi connectivity index (χ1v) is 6.30. The van der Waals surface area contributed by atoms with Crippen LogP contribution >= 0.6 is 0 Å². The smallest absolute Gasteiger partial charge is 0.308 e. The van der Waals surface area contributed by atoms with Gasteiger partial charge in [0, 0.05) is 13.1 Å². The maximum Gasteiger partial charge on any atom is 0.308 e. The molecule has 1 fully saturated rings. The highest BCUT2D eigenvalue weighted by molar-refractivity contribution is 5.81. The highest BCUT2D eigenvalue weighted by Gasteiger charge is 2.30. The van der Waals surface area contributed by atoms with Crippen LogP contribution in [0.15, 0.2) is 12.7 Å². The van der Waals surface area contributed by atoms with Gasteiger partial charge in [-0.25, -0.2) is 0 Å². The molecule has 1 N–H and O–H groups in total. The Morgan fingerprint density at radius 3 is 2.94 bits per heavy atom. The summed E-state index contributed by atoms with van der Waals surface area (Å²) in [6.45, 7) is 6.67. The monoisotopic (exact) mass is 255 g/mol. The van der Waals surface area contributed by atoms with Gasteiger partial charge in [-0.05, 0) is 26.2 Å². The lowest BCUT2D eigenvalue weighted by atomic mass is 9.98. The first-order valence-electron chi connectivity index (χ1n) is 6.30. The molecular weight excluding hydrogens is 234 g/mol. The van der Waals surface area contributed by atoms with Gasteiger partial charge in [0.05, 0.1) is 12.5 Å². The molecule has 102 valence electrons. The van der Waals surface area contributed by atoms with Crippen molar-refractivity contribution in [3.63, 3.8) is 0 Å². The third-order valence-corrected chi connectivity index (χ3v) is 3.12. The van der Waals surface area contributed by atoms with Gasteiger partial charge in [-0.15, -0.1) is 6.58 Å². The van der Waals surface area contributed by atoms with Crippen LogP contribution in [0.4, 0.5) is 0 Å². The number of ether oxygens (including phenoxy) is 1. The zero-order valence-electron chi connectivity index (χ0n) is 10.8. The number of carboxylic acids is 1. The van der Waals surface area contributed by atoms with Crippen LogP contribution in [0.2, 0.25) is 0 Å². The molecule has 0 saturated carbocycles. The SMILES string of the molecule is C=CCCOC(C)C(=O)N1CCC[C@H](C(=O)O)C1. The van der Waals surface area contributed by atoms with Gasteiger partial charge in [0.15, 0.2) is 0 Å². The van der Waals surface area contributed by atoms with Gasteiger partial charge in [0.1, 0.15) is 6.10 Å². The maximum absolute atomic E-state index is 12.0. The summed E-state index contributed by atoms with van der Waals surface area (Å²) < 4.78 is 5.38. The number of hydrogen-bond acceptors (Lipinski definition) is 3. The van der Waals surface area contributed by atoms with Gasteiger partial charge >= 0.3 is 5.97 Å². The zero-order chi connectivity index (χ0) is 13.5. The molecule has 1 unspecified atom stereocenters.